The first kappa shape index (κ1) is 14.6. The summed E-state index contributed by atoms with van der Waals surface area (Å²) in [6.07, 6.45) is 0.644. The molecule has 0 bridgehead atoms. The van der Waals surface area contributed by atoms with E-state index in [0.29, 0.717) is 25.3 Å². The van der Waals surface area contributed by atoms with Gasteiger partial charge in [-0.05, 0) is 18.6 Å². The summed E-state index contributed by atoms with van der Waals surface area (Å²) in [4.78, 5) is 0. The Morgan fingerprint density at radius 2 is 2.26 bits per heavy atom. The van der Waals surface area contributed by atoms with Crippen LogP contribution < -0.4 is 10.1 Å². The van der Waals surface area contributed by atoms with Gasteiger partial charge in [0.2, 0.25) is 0 Å². The Hall–Kier alpha value is -0.850. The Morgan fingerprint density at radius 1 is 1.47 bits per heavy atom. The van der Waals surface area contributed by atoms with Crippen LogP contribution in [0.25, 0.3) is 0 Å². The van der Waals surface area contributed by atoms with Crippen LogP contribution in [-0.2, 0) is 9.84 Å². The number of ether oxygens (including phenoxy) is 1. The van der Waals surface area contributed by atoms with Crippen molar-refractivity contribution in [1.29, 1.82) is 0 Å². The van der Waals surface area contributed by atoms with E-state index in [9.17, 15) is 12.8 Å². The first-order valence-corrected chi connectivity index (χ1v) is 8.18. The third-order valence-electron chi connectivity index (χ3n) is 2.93. The predicted octanol–water partition coefficient (Wildman–Crippen LogP) is 1.63. The van der Waals surface area contributed by atoms with Gasteiger partial charge in [-0.2, -0.15) is 0 Å². The monoisotopic (exact) mass is 307 g/mol. The third-order valence-corrected chi connectivity index (χ3v) is 4.98. The largest absolute Gasteiger partial charge is 0.492 e. The Bertz CT molecular complexity index is 550. The molecule has 2 rings (SSSR count). The Labute approximate surface area is 116 Å². The maximum atomic E-state index is 12.9. The van der Waals surface area contributed by atoms with Crippen molar-refractivity contribution in [2.45, 2.75) is 12.5 Å². The maximum absolute atomic E-state index is 12.9. The molecule has 1 aliphatic rings. The fourth-order valence-corrected chi connectivity index (χ4v) is 3.83. The van der Waals surface area contributed by atoms with Crippen LogP contribution in [0.3, 0.4) is 0 Å². The third kappa shape index (κ3) is 4.33. The number of halogens is 2. The molecule has 1 aromatic rings. The molecule has 1 fully saturated rings. The van der Waals surface area contributed by atoms with E-state index < -0.39 is 15.7 Å². The lowest BCUT2D eigenvalue weighted by atomic mass is 10.3. The summed E-state index contributed by atoms with van der Waals surface area (Å²) >= 11 is 5.62. The fourth-order valence-electron chi connectivity index (χ4n) is 1.95. The van der Waals surface area contributed by atoms with Crippen LogP contribution in [0.4, 0.5) is 4.39 Å². The van der Waals surface area contributed by atoms with Crippen LogP contribution >= 0.6 is 11.6 Å². The molecule has 1 unspecified atom stereocenters. The molecule has 1 atom stereocenters. The minimum Gasteiger partial charge on any atom is -0.492 e. The second-order valence-corrected chi connectivity index (χ2v) is 7.11. The molecule has 19 heavy (non-hydrogen) atoms. The minimum atomic E-state index is -2.86. The highest BCUT2D eigenvalue weighted by Crippen LogP contribution is 2.20. The standard InChI is InChI=1S/C12H15ClFNO3S/c13-11-7-10(1-2-12(11)14)18-5-4-15-9-3-6-19(16,17)8-9/h1-2,7,9,15H,3-6,8H2. The lowest BCUT2D eigenvalue weighted by Crippen LogP contribution is -2.33. The van der Waals surface area contributed by atoms with Crippen LogP contribution in [0.2, 0.25) is 5.02 Å². The van der Waals surface area contributed by atoms with Gasteiger partial charge in [0.1, 0.15) is 18.2 Å². The van der Waals surface area contributed by atoms with Gasteiger partial charge in [0.25, 0.3) is 0 Å². The van der Waals surface area contributed by atoms with Crippen molar-refractivity contribution in [2.75, 3.05) is 24.7 Å². The predicted molar refractivity (Wildman–Crippen MR) is 72.0 cm³/mol. The molecule has 1 aromatic carbocycles. The summed E-state index contributed by atoms with van der Waals surface area (Å²) in [6.45, 7) is 0.910. The van der Waals surface area contributed by atoms with Crippen molar-refractivity contribution < 1.29 is 17.5 Å². The number of hydrogen-bond donors (Lipinski definition) is 1. The van der Waals surface area contributed by atoms with E-state index >= 15 is 0 Å². The van der Waals surface area contributed by atoms with E-state index in [1.165, 1.54) is 18.2 Å². The maximum Gasteiger partial charge on any atom is 0.151 e. The smallest absolute Gasteiger partial charge is 0.151 e. The molecule has 0 saturated carbocycles. The average Bonchev–Trinajstić information content (AvgIpc) is 2.69. The van der Waals surface area contributed by atoms with Crippen molar-refractivity contribution in [1.82, 2.24) is 5.32 Å². The van der Waals surface area contributed by atoms with E-state index in [-0.39, 0.29) is 22.6 Å². The van der Waals surface area contributed by atoms with Crippen LogP contribution in [0.15, 0.2) is 18.2 Å². The fraction of sp³-hybridized carbons (Fsp3) is 0.500. The summed E-state index contributed by atoms with van der Waals surface area (Å²) < 4.78 is 40.8. The van der Waals surface area contributed by atoms with Gasteiger partial charge in [-0.1, -0.05) is 11.6 Å². The molecule has 0 radical (unpaired) electrons. The number of hydrogen-bond acceptors (Lipinski definition) is 4. The highest BCUT2D eigenvalue weighted by atomic mass is 35.5. The molecule has 1 saturated heterocycles. The van der Waals surface area contributed by atoms with Gasteiger partial charge in [0.05, 0.1) is 16.5 Å². The first-order chi connectivity index (χ1) is 8.96. The highest BCUT2D eigenvalue weighted by molar-refractivity contribution is 7.91. The second kappa shape index (κ2) is 6.07. The number of rotatable bonds is 5. The van der Waals surface area contributed by atoms with Crippen molar-refractivity contribution in [3.05, 3.63) is 29.0 Å². The molecule has 0 aliphatic carbocycles. The van der Waals surface area contributed by atoms with Gasteiger partial charge in [-0.15, -0.1) is 0 Å². The van der Waals surface area contributed by atoms with E-state index in [2.05, 4.69) is 5.32 Å². The van der Waals surface area contributed by atoms with E-state index in [1.54, 1.807) is 0 Å². The molecular formula is C12H15ClFNO3S. The lowest BCUT2D eigenvalue weighted by Gasteiger charge is -2.11. The quantitative estimate of drug-likeness (QED) is 0.840. The molecular weight excluding hydrogens is 293 g/mol. The van der Waals surface area contributed by atoms with E-state index in [4.69, 9.17) is 16.3 Å². The van der Waals surface area contributed by atoms with E-state index in [1.807, 2.05) is 0 Å². The molecule has 0 aromatic heterocycles. The second-order valence-electron chi connectivity index (χ2n) is 4.48. The normalized spacial score (nSPS) is 21.5. The number of benzene rings is 1. The minimum absolute atomic E-state index is 0.00501. The lowest BCUT2D eigenvalue weighted by molar-refractivity contribution is 0.307. The molecule has 4 nitrogen and oxygen atoms in total. The SMILES string of the molecule is O=S1(=O)CCC(NCCOc2ccc(F)c(Cl)c2)C1. The molecule has 1 heterocycles. The zero-order valence-electron chi connectivity index (χ0n) is 10.2. The van der Waals surface area contributed by atoms with Crippen LogP contribution in [0, 0.1) is 5.82 Å². The van der Waals surface area contributed by atoms with Crippen molar-refractivity contribution >= 4 is 21.4 Å². The number of nitrogens with one attached hydrogen (secondary N) is 1. The molecule has 0 spiro atoms. The van der Waals surface area contributed by atoms with Crippen LogP contribution in [-0.4, -0.2) is 39.1 Å². The van der Waals surface area contributed by atoms with Crippen LogP contribution in [0.5, 0.6) is 5.75 Å². The molecule has 1 N–H and O–H groups in total. The van der Waals surface area contributed by atoms with Gasteiger partial charge >= 0.3 is 0 Å². The Morgan fingerprint density at radius 3 is 2.89 bits per heavy atom. The van der Waals surface area contributed by atoms with Gasteiger partial charge in [-0.3, -0.25) is 0 Å². The van der Waals surface area contributed by atoms with E-state index in [0.717, 1.165) is 0 Å². The summed E-state index contributed by atoms with van der Waals surface area (Å²) in [7, 11) is -2.86. The Balaban J connectivity index is 1.71. The zero-order chi connectivity index (χ0) is 13.9. The molecule has 106 valence electrons. The molecule has 7 heteroatoms. The van der Waals surface area contributed by atoms with Gasteiger partial charge in [0, 0.05) is 18.7 Å². The average molecular weight is 308 g/mol. The van der Waals surface area contributed by atoms with Crippen molar-refractivity contribution in [3.8, 4) is 5.75 Å². The topological polar surface area (TPSA) is 55.4 Å². The number of sulfone groups is 1. The molecule has 1 aliphatic heterocycles. The molecule has 0 amide bonds. The summed E-state index contributed by atoms with van der Waals surface area (Å²) in [5, 5.41) is 3.14. The summed E-state index contributed by atoms with van der Waals surface area (Å²) in [6, 6.07) is 4.16. The van der Waals surface area contributed by atoms with Gasteiger partial charge < -0.3 is 10.1 Å². The first-order valence-electron chi connectivity index (χ1n) is 5.98. The van der Waals surface area contributed by atoms with Crippen molar-refractivity contribution in [2.24, 2.45) is 0 Å². The zero-order valence-corrected chi connectivity index (χ0v) is 11.8. The summed E-state index contributed by atoms with van der Waals surface area (Å²) in [5.41, 5.74) is 0. The van der Waals surface area contributed by atoms with Crippen LogP contribution in [0.1, 0.15) is 6.42 Å². The summed E-state index contributed by atoms with van der Waals surface area (Å²) in [5.74, 6) is 0.449. The Kier molecular flexibility index (Phi) is 4.65. The van der Waals surface area contributed by atoms with Crippen molar-refractivity contribution in [3.63, 3.8) is 0 Å². The highest BCUT2D eigenvalue weighted by Gasteiger charge is 2.26. The van der Waals surface area contributed by atoms with Gasteiger partial charge in [-0.25, -0.2) is 12.8 Å². The van der Waals surface area contributed by atoms with Gasteiger partial charge in [0.15, 0.2) is 9.84 Å².